The molecule has 1 aromatic heterocycles. The zero-order chi connectivity index (χ0) is 13.0. The highest BCUT2D eigenvalue weighted by atomic mass is 35.5. The molecule has 4 nitrogen and oxygen atoms in total. The maximum atomic E-state index is 11.4. The molecule has 0 saturated carbocycles. The van der Waals surface area contributed by atoms with E-state index in [0.717, 1.165) is 0 Å². The fourth-order valence-electron chi connectivity index (χ4n) is 1.25. The summed E-state index contributed by atoms with van der Waals surface area (Å²) in [5.41, 5.74) is 0. The van der Waals surface area contributed by atoms with Gasteiger partial charge >= 0.3 is 0 Å². The summed E-state index contributed by atoms with van der Waals surface area (Å²) >= 11 is 17.5. The third kappa shape index (κ3) is 3.91. The van der Waals surface area contributed by atoms with E-state index in [9.17, 15) is 4.79 Å². The van der Waals surface area contributed by atoms with Crippen molar-refractivity contribution in [1.29, 1.82) is 0 Å². The van der Waals surface area contributed by atoms with Gasteiger partial charge in [0.05, 0.1) is 16.6 Å². The van der Waals surface area contributed by atoms with Crippen molar-refractivity contribution in [3.63, 3.8) is 0 Å². The summed E-state index contributed by atoms with van der Waals surface area (Å²) in [7, 11) is 1.70. The van der Waals surface area contributed by atoms with Gasteiger partial charge in [0, 0.05) is 13.6 Å². The van der Waals surface area contributed by atoms with Crippen LogP contribution in [-0.4, -0.2) is 31.0 Å². The van der Waals surface area contributed by atoms with Crippen LogP contribution in [0.1, 0.15) is 6.92 Å². The number of carbonyl (C=O) groups excluding carboxylic acids is 1. The van der Waals surface area contributed by atoms with Crippen LogP contribution in [0, 0.1) is 0 Å². The van der Waals surface area contributed by atoms with E-state index in [1.807, 2.05) is 6.92 Å². The molecular formula is C10H12Cl3N3O. The SMILES string of the molecule is CCNC(=O)CN(C)c1nc(Cl)c(Cl)cc1Cl. The van der Waals surface area contributed by atoms with Crippen molar-refractivity contribution in [2.45, 2.75) is 6.92 Å². The summed E-state index contributed by atoms with van der Waals surface area (Å²) in [6.45, 7) is 2.58. The highest BCUT2D eigenvalue weighted by Crippen LogP contribution is 2.30. The number of pyridine rings is 1. The van der Waals surface area contributed by atoms with E-state index in [0.29, 0.717) is 17.4 Å². The van der Waals surface area contributed by atoms with Crippen molar-refractivity contribution >= 4 is 46.5 Å². The Bertz CT molecular complexity index is 426. The highest BCUT2D eigenvalue weighted by molar-refractivity contribution is 6.42. The molecule has 7 heteroatoms. The summed E-state index contributed by atoms with van der Waals surface area (Å²) in [6.07, 6.45) is 0. The van der Waals surface area contributed by atoms with Crippen LogP contribution in [-0.2, 0) is 4.79 Å². The summed E-state index contributed by atoms with van der Waals surface area (Å²) in [5, 5.41) is 3.48. The Balaban J connectivity index is 2.85. The molecule has 1 heterocycles. The molecular weight excluding hydrogens is 284 g/mol. The van der Waals surface area contributed by atoms with E-state index in [1.165, 1.54) is 6.07 Å². The van der Waals surface area contributed by atoms with Crippen LogP contribution in [0.3, 0.4) is 0 Å². The molecule has 0 spiro atoms. The predicted molar refractivity (Wildman–Crippen MR) is 71.2 cm³/mol. The molecule has 0 fully saturated rings. The lowest BCUT2D eigenvalue weighted by molar-refractivity contribution is -0.119. The van der Waals surface area contributed by atoms with Gasteiger partial charge in [0.2, 0.25) is 5.91 Å². The molecule has 0 aliphatic rings. The van der Waals surface area contributed by atoms with Crippen LogP contribution in [0.5, 0.6) is 0 Å². The zero-order valence-electron chi connectivity index (χ0n) is 9.43. The molecule has 0 aliphatic carbocycles. The van der Waals surface area contributed by atoms with Crippen LogP contribution >= 0.6 is 34.8 Å². The van der Waals surface area contributed by atoms with Crippen molar-refractivity contribution in [3.8, 4) is 0 Å². The standard InChI is InChI=1S/C10H12Cl3N3O/c1-3-14-8(17)5-16(2)10-7(12)4-6(11)9(13)15-10/h4H,3,5H2,1-2H3,(H,14,17). The van der Waals surface area contributed by atoms with Gasteiger partial charge < -0.3 is 10.2 Å². The molecule has 0 bridgehead atoms. The largest absolute Gasteiger partial charge is 0.355 e. The van der Waals surface area contributed by atoms with Crippen LogP contribution in [0.4, 0.5) is 5.82 Å². The van der Waals surface area contributed by atoms with Gasteiger partial charge in [0.1, 0.15) is 11.0 Å². The number of carbonyl (C=O) groups is 1. The first-order chi connectivity index (χ1) is 7.95. The van der Waals surface area contributed by atoms with Crippen LogP contribution in [0.25, 0.3) is 0 Å². The number of amides is 1. The molecule has 1 rings (SSSR count). The second-order valence-corrected chi connectivity index (χ2v) is 4.55. The van der Waals surface area contributed by atoms with Crippen molar-refractivity contribution in [2.75, 3.05) is 25.0 Å². The Hall–Kier alpha value is -0.710. The number of rotatable bonds is 4. The molecule has 0 aliphatic heterocycles. The first-order valence-corrected chi connectivity index (χ1v) is 6.08. The number of hydrogen-bond acceptors (Lipinski definition) is 3. The van der Waals surface area contributed by atoms with Gasteiger partial charge in [-0.15, -0.1) is 0 Å². The molecule has 0 saturated heterocycles. The lowest BCUT2D eigenvalue weighted by atomic mass is 10.4. The Kier molecular flexibility index (Phi) is 5.31. The zero-order valence-corrected chi connectivity index (χ0v) is 11.7. The third-order valence-corrected chi connectivity index (χ3v) is 2.94. The lowest BCUT2D eigenvalue weighted by Gasteiger charge is -2.19. The van der Waals surface area contributed by atoms with Crippen molar-refractivity contribution in [2.24, 2.45) is 0 Å². The monoisotopic (exact) mass is 295 g/mol. The fourth-order valence-corrected chi connectivity index (χ4v) is 1.88. The van der Waals surface area contributed by atoms with Gasteiger partial charge in [-0.05, 0) is 13.0 Å². The molecule has 0 radical (unpaired) electrons. The number of nitrogens with zero attached hydrogens (tertiary/aromatic N) is 2. The van der Waals surface area contributed by atoms with E-state index < -0.39 is 0 Å². The summed E-state index contributed by atoms with van der Waals surface area (Å²) in [4.78, 5) is 17.0. The Morgan fingerprint density at radius 2 is 2.06 bits per heavy atom. The second kappa shape index (κ2) is 6.28. The van der Waals surface area contributed by atoms with Crippen LogP contribution in [0.2, 0.25) is 15.2 Å². The molecule has 0 atom stereocenters. The maximum absolute atomic E-state index is 11.4. The Labute approximate surface area is 115 Å². The molecule has 17 heavy (non-hydrogen) atoms. The Morgan fingerprint density at radius 1 is 1.41 bits per heavy atom. The number of anilines is 1. The van der Waals surface area contributed by atoms with Gasteiger partial charge in [0.15, 0.2) is 0 Å². The molecule has 1 N–H and O–H groups in total. The summed E-state index contributed by atoms with van der Waals surface area (Å²) in [6, 6.07) is 1.50. The lowest BCUT2D eigenvalue weighted by Crippen LogP contribution is -2.35. The maximum Gasteiger partial charge on any atom is 0.239 e. The predicted octanol–water partition coefficient (Wildman–Crippen LogP) is 2.61. The van der Waals surface area contributed by atoms with Gasteiger partial charge in [-0.2, -0.15) is 0 Å². The second-order valence-electron chi connectivity index (χ2n) is 3.38. The first kappa shape index (κ1) is 14.4. The van der Waals surface area contributed by atoms with Crippen LogP contribution in [0.15, 0.2) is 6.07 Å². The number of halogens is 3. The van der Waals surface area contributed by atoms with E-state index in [1.54, 1.807) is 11.9 Å². The van der Waals surface area contributed by atoms with Gasteiger partial charge in [-0.3, -0.25) is 4.79 Å². The summed E-state index contributed by atoms with van der Waals surface area (Å²) < 4.78 is 0. The van der Waals surface area contributed by atoms with E-state index in [-0.39, 0.29) is 22.6 Å². The minimum Gasteiger partial charge on any atom is -0.355 e. The minimum atomic E-state index is -0.112. The number of nitrogens with one attached hydrogen (secondary N) is 1. The van der Waals surface area contributed by atoms with Gasteiger partial charge in [-0.1, -0.05) is 34.8 Å². The fraction of sp³-hybridized carbons (Fsp3) is 0.400. The average molecular weight is 297 g/mol. The quantitative estimate of drug-likeness (QED) is 0.869. The number of aromatic nitrogens is 1. The first-order valence-electron chi connectivity index (χ1n) is 4.95. The molecule has 0 unspecified atom stereocenters. The molecule has 1 aromatic rings. The highest BCUT2D eigenvalue weighted by Gasteiger charge is 2.14. The van der Waals surface area contributed by atoms with Gasteiger partial charge in [-0.25, -0.2) is 4.98 Å². The molecule has 0 aromatic carbocycles. The molecule has 94 valence electrons. The molecule has 1 amide bonds. The van der Waals surface area contributed by atoms with Crippen molar-refractivity contribution in [3.05, 3.63) is 21.3 Å². The average Bonchev–Trinajstić information content (AvgIpc) is 2.23. The van der Waals surface area contributed by atoms with E-state index >= 15 is 0 Å². The van der Waals surface area contributed by atoms with E-state index in [2.05, 4.69) is 10.3 Å². The topological polar surface area (TPSA) is 45.2 Å². The Morgan fingerprint density at radius 3 is 2.65 bits per heavy atom. The summed E-state index contributed by atoms with van der Waals surface area (Å²) in [5.74, 6) is 0.311. The minimum absolute atomic E-state index is 0.112. The normalized spacial score (nSPS) is 10.2. The smallest absolute Gasteiger partial charge is 0.239 e. The van der Waals surface area contributed by atoms with Gasteiger partial charge in [0.25, 0.3) is 0 Å². The third-order valence-electron chi connectivity index (χ3n) is 1.98. The number of hydrogen-bond donors (Lipinski definition) is 1. The number of likely N-dealkylation sites (N-methyl/N-ethyl adjacent to an activating group) is 2. The van der Waals surface area contributed by atoms with Crippen molar-refractivity contribution in [1.82, 2.24) is 10.3 Å². The van der Waals surface area contributed by atoms with E-state index in [4.69, 9.17) is 34.8 Å². The van der Waals surface area contributed by atoms with Crippen LogP contribution < -0.4 is 10.2 Å². The van der Waals surface area contributed by atoms with Crippen molar-refractivity contribution < 1.29 is 4.79 Å².